The van der Waals surface area contributed by atoms with Crippen molar-refractivity contribution < 1.29 is 9.53 Å². The fraction of sp³-hybridized carbons (Fsp3) is 0.667. The normalized spacial score (nSPS) is 36.8. The maximum Gasteiger partial charge on any atom is 0.311 e. The average molecular weight is 165 g/mol. The zero-order chi connectivity index (χ0) is 8.55. The summed E-state index contributed by atoms with van der Waals surface area (Å²) >= 11 is 0. The summed E-state index contributed by atoms with van der Waals surface area (Å²) in [6.07, 6.45) is 6.10. The number of carbonyl (C=O) groups excluding carboxylic acids is 1. The second-order valence-electron chi connectivity index (χ2n) is 3.35. The molecule has 0 aromatic carbocycles. The number of rotatable bonds is 2. The van der Waals surface area contributed by atoms with E-state index in [1.165, 1.54) is 0 Å². The molecular formula is C9H11NO2. The second-order valence-corrected chi connectivity index (χ2v) is 3.35. The van der Waals surface area contributed by atoms with Gasteiger partial charge < -0.3 is 10.1 Å². The fourth-order valence-electron chi connectivity index (χ4n) is 2.04. The minimum atomic E-state index is -0.126. The molecule has 12 heavy (non-hydrogen) atoms. The van der Waals surface area contributed by atoms with E-state index in [2.05, 4.69) is 11.2 Å². The van der Waals surface area contributed by atoms with Crippen molar-refractivity contribution in [3.63, 3.8) is 0 Å². The van der Waals surface area contributed by atoms with Crippen molar-refractivity contribution in [2.45, 2.75) is 12.5 Å². The van der Waals surface area contributed by atoms with Crippen LogP contribution >= 0.6 is 0 Å². The van der Waals surface area contributed by atoms with Crippen molar-refractivity contribution in [1.29, 1.82) is 0 Å². The van der Waals surface area contributed by atoms with E-state index in [1.807, 2.05) is 0 Å². The van der Waals surface area contributed by atoms with Crippen LogP contribution in [0.2, 0.25) is 0 Å². The lowest BCUT2D eigenvalue weighted by molar-refractivity contribution is -0.152. The van der Waals surface area contributed by atoms with Gasteiger partial charge in [0, 0.05) is 6.04 Å². The molecule has 3 nitrogen and oxygen atoms in total. The highest BCUT2D eigenvalue weighted by Crippen LogP contribution is 2.40. The van der Waals surface area contributed by atoms with Crippen LogP contribution in [0.3, 0.4) is 0 Å². The summed E-state index contributed by atoms with van der Waals surface area (Å²) in [6.45, 7) is 1.06. The van der Waals surface area contributed by atoms with E-state index in [4.69, 9.17) is 11.2 Å². The van der Waals surface area contributed by atoms with E-state index in [0.29, 0.717) is 12.0 Å². The number of esters is 1. The standard InChI is InChI=1S/C9H11NO2/c1-2-3-12-9(11)8-6-4-7(8)10-5-6/h1,6-8,10H,3-5H2. The first-order valence-corrected chi connectivity index (χ1v) is 4.16. The summed E-state index contributed by atoms with van der Waals surface area (Å²) in [5.41, 5.74) is 0. The molecule has 64 valence electrons. The van der Waals surface area contributed by atoms with Crippen LogP contribution < -0.4 is 5.32 Å². The quantitative estimate of drug-likeness (QED) is 0.454. The molecule has 0 aromatic rings. The van der Waals surface area contributed by atoms with E-state index >= 15 is 0 Å². The van der Waals surface area contributed by atoms with Gasteiger partial charge in [-0.15, -0.1) is 6.42 Å². The van der Waals surface area contributed by atoms with Crippen LogP contribution in [0.15, 0.2) is 0 Å². The Kier molecular flexibility index (Phi) is 1.78. The molecule has 0 aromatic heterocycles. The minimum absolute atomic E-state index is 0.0818. The van der Waals surface area contributed by atoms with Crippen molar-refractivity contribution in [3.8, 4) is 12.3 Å². The van der Waals surface area contributed by atoms with Crippen LogP contribution in [0.25, 0.3) is 0 Å². The lowest BCUT2D eigenvalue weighted by Crippen LogP contribution is -2.43. The summed E-state index contributed by atoms with van der Waals surface area (Å²) < 4.78 is 4.86. The molecule has 3 heteroatoms. The molecule has 2 bridgehead atoms. The first-order chi connectivity index (χ1) is 5.83. The van der Waals surface area contributed by atoms with Crippen LogP contribution in [0.1, 0.15) is 6.42 Å². The van der Waals surface area contributed by atoms with Crippen LogP contribution in [-0.2, 0) is 9.53 Å². The highest BCUT2D eigenvalue weighted by molar-refractivity contribution is 5.75. The summed E-state index contributed by atoms with van der Waals surface area (Å²) in [4.78, 5) is 11.3. The van der Waals surface area contributed by atoms with E-state index in [9.17, 15) is 4.79 Å². The molecule has 2 saturated heterocycles. The molecule has 3 fully saturated rings. The van der Waals surface area contributed by atoms with E-state index in [-0.39, 0.29) is 18.5 Å². The van der Waals surface area contributed by atoms with Gasteiger partial charge in [0.15, 0.2) is 6.61 Å². The SMILES string of the molecule is C#CCOC(=O)C1C2CNC1C2. The molecule has 2 aliphatic heterocycles. The Labute approximate surface area is 71.5 Å². The summed E-state index contributed by atoms with van der Waals surface area (Å²) in [5, 5.41) is 3.25. The highest BCUT2D eigenvalue weighted by Gasteiger charge is 2.51. The number of ether oxygens (including phenoxy) is 1. The topological polar surface area (TPSA) is 38.3 Å². The lowest BCUT2D eigenvalue weighted by atomic mass is 9.74. The number of nitrogens with one attached hydrogen (secondary N) is 1. The Morgan fingerprint density at radius 2 is 2.58 bits per heavy atom. The molecule has 0 amide bonds. The minimum Gasteiger partial charge on any atom is -0.452 e. The smallest absolute Gasteiger partial charge is 0.311 e. The van der Waals surface area contributed by atoms with Gasteiger partial charge in [0.25, 0.3) is 0 Å². The van der Waals surface area contributed by atoms with Gasteiger partial charge in [0.05, 0.1) is 5.92 Å². The van der Waals surface area contributed by atoms with Crippen molar-refractivity contribution in [2.24, 2.45) is 11.8 Å². The van der Waals surface area contributed by atoms with Gasteiger partial charge in [-0.25, -0.2) is 0 Å². The number of hydrogen-bond acceptors (Lipinski definition) is 3. The molecule has 2 heterocycles. The molecule has 3 atom stereocenters. The fourth-order valence-corrected chi connectivity index (χ4v) is 2.04. The molecule has 1 aliphatic carbocycles. The van der Waals surface area contributed by atoms with Gasteiger partial charge >= 0.3 is 5.97 Å². The van der Waals surface area contributed by atoms with E-state index in [0.717, 1.165) is 13.0 Å². The molecule has 0 radical (unpaired) electrons. The van der Waals surface area contributed by atoms with Gasteiger partial charge in [0.1, 0.15) is 0 Å². The zero-order valence-corrected chi connectivity index (χ0v) is 6.75. The zero-order valence-electron chi connectivity index (χ0n) is 6.75. The van der Waals surface area contributed by atoms with Crippen LogP contribution in [-0.4, -0.2) is 25.2 Å². The molecular weight excluding hydrogens is 154 g/mol. The average Bonchev–Trinajstić information content (AvgIpc) is 2.60. The van der Waals surface area contributed by atoms with Crippen LogP contribution in [0.5, 0.6) is 0 Å². The number of carbonyl (C=O) groups is 1. The predicted octanol–water partition coefficient (Wildman–Crippen LogP) is -0.229. The maximum absolute atomic E-state index is 11.3. The molecule has 3 rings (SSSR count). The third kappa shape index (κ3) is 0.997. The van der Waals surface area contributed by atoms with Gasteiger partial charge in [0.2, 0.25) is 0 Å². The monoisotopic (exact) mass is 165 g/mol. The summed E-state index contributed by atoms with van der Waals surface area (Å²) in [7, 11) is 0. The maximum atomic E-state index is 11.3. The van der Waals surface area contributed by atoms with Gasteiger partial charge in [-0.1, -0.05) is 5.92 Å². The number of fused-ring (bicyclic) bond motifs is 1. The number of terminal acetylenes is 1. The molecule has 1 saturated carbocycles. The first-order valence-electron chi connectivity index (χ1n) is 4.16. The molecule has 0 spiro atoms. The van der Waals surface area contributed by atoms with Crippen molar-refractivity contribution >= 4 is 5.97 Å². The Balaban J connectivity index is 1.86. The molecule has 3 aliphatic rings. The van der Waals surface area contributed by atoms with E-state index < -0.39 is 0 Å². The van der Waals surface area contributed by atoms with Crippen molar-refractivity contribution in [1.82, 2.24) is 5.32 Å². The largest absolute Gasteiger partial charge is 0.452 e. The molecule has 1 N–H and O–H groups in total. The van der Waals surface area contributed by atoms with Gasteiger partial charge in [-0.05, 0) is 18.9 Å². The third-order valence-corrected chi connectivity index (χ3v) is 2.71. The third-order valence-electron chi connectivity index (χ3n) is 2.71. The Morgan fingerprint density at radius 1 is 1.75 bits per heavy atom. The second kappa shape index (κ2) is 2.80. The Morgan fingerprint density at radius 3 is 3.08 bits per heavy atom. The first kappa shape index (κ1) is 7.63. The van der Waals surface area contributed by atoms with Crippen LogP contribution in [0, 0.1) is 24.2 Å². The van der Waals surface area contributed by atoms with E-state index in [1.54, 1.807) is 0 Å². The van der Waals surface area contributed by atoms with Crippen molar-refractivity contribution in [3.05, 3.63) is 0 Å². The Hall–Kier alpha value is -1.01. The Bertz CT molecular complexity index is 229. The summed E-state index contributed by atoms with van der Waals surface area (Å²) in [6, 6.07) is 0.361. The molecule has 3 unspecified atom stereocenters. The van der Waals surface area contributed by atoms with Gasteiger partial charge in [-0.2, -0.15) is 0 Å². The van der Waals surface area contributed by atoms with Gasteiger partial charge in [-0.3, -0.25) is 4.79 Å². The number of hydrogen-bond donors (Lipinski definition) is 1. The highest BCUT2D eigenvalue weighted by atomic mass is 16.5. The summed E-state index contributed by atoms with van der Waals surface area (Å²) in [5.74, 6) is 2.74. The predicted molar refractivity (Wildman–Crippen MR) is 43.2 cm³/mol. The van der Waals surface area contributed by atoms with Crippen molar-refractivity contribution in [2.75, 3.05) is 13.2 Å². The lowest BCUT2D eigenvalue weighted by Gasteiger charge is -2.31. The van der Waals surface area contributed by atoms with Crippen LogP contribution in [0.4, 0.5) is 0 Å².